The van der Waals surface area contributed by atoms with Gasteiger partial charge in [-0.15, -0.1) is 0 Å². The van der Waals surface area contributed by atoms with Crippen molar-refractivity contribution >= 4 is 57.6 Å². The molecule has 0 heterocycles. The molecule has 0 bridgehead atoms. The van der Waals surface area contributed by atoms with E-state index in [-0.39, 0.29) is 34.6 Å². The summed E-state index contributed by atoms with van der Waals surface area (Å²) in [6.45, 7) is 4.04. The molecule has 2 atom stereocenters. The Bertz CT molecular complexity index is 2240. The standard InChI is InChI=1S/C35H24N4O8S2.H2/c1-35(2,21-9-13-23(14-10-21)44-47-48(42)32-8-4-6-28-26(32)18-20-30(39-37)34(28)41)22-11-15-24(16-12-22)45-49(43)46-31-7-3-5-27-25(31)17-19-29(38-36)33(27)40;/h3-20H,1-2H3;1H/i;1+1. The highest BCUT2D eigenvalue weighted by Crippen LogP contribution is 2.34. The number of hydrogen-bond donors (Lipinski definition) is 0. The minimum absolute atomic E-state index is 0. The van der Waals surface area contributed by atoms with Gasteiger partial charge in [-0.25, -0.2) is 4.21 Å². The molecule has 2 aliphatic carbocycles. The molecule has 0 saturated heterocycles. The molecule has 0 fully saturated rings. The lowest BCUT2D eigenvalue weighted by Gasteiger charge is -2.26. The molecule has 6 rings (SSSR count). The van der Waals surface area contributed by atoms with Crippen LogP contribution in [0.5, 0.6) is 17.2 Å². The first-order valence-corrected chi connectivity index (χ1v) is 16.6. The zero-order valence-corrected chi connectivity index (χ0v) is 27.4. The summed E-state index contributed by atoms with van der Waals surface area (Å²) >= 11 is -4.31. The molecule has 2 unspecified atom stereocenters. The lowest BCUT2D eigenvalue weighted by atomic mass is 9.78. The van der Waals surface area contributed by atoms with E-state index in [1.54, 1.807) is 54.6 Å². The molecule has 12 nitrogen and oxygen atoms in total. The van der Waals surface area contributed by atoms with Gasteiger partial charge in [-0.1, -0.05) is 60.6 Å². The van der Waals surface area contributed by atoms with E-state index in [1.165, 1.54) is 30.4 Å². The molecule has 0 radical (unpaired) electrons. The summed E-state index contributed by atoms with van der Waals surface area (Å²) in [5, 5.41) is 0. The van der Waals surface area contributed by atoms with Crippen LogP contribution in [0.15, 0.2) is 102 Å². The van der Waals surface area contributed by atoms with Crippen molar-refractivity contribution in [3.8, 4) is 17.2 Å². The van der Waals surface area contributed by atoms with Crippen molar-refractivity contribution in [3.63, 3.8) is 0 Å². The van der Waals surface area contributed by atoms with Crippen LogP contribution in [0.3, 0.4) is 0 Å². The molecule has 0 saturated carbocycles. The monoisotopic (exact) mass is 695 g/mol. The lowest BCUT2D eigenvalue weighted by molar-refractivity contribution is -0.0857. The first kappa shape index (κ1) is 33.0. The molecular formula is C35H26N4O8S2. The van der Waals surface area contributed by atoms with Crippen LogP contribution in [0.1, 0.15) is 58.2 Å². The van der Waals surface area contributed by atoms with Gasteiger partial charge < -0.3 is 24.3 Å². The van der Waals surface area contributed by atoms with Crippen molar-refractivity contribution in [2.75, 3.05) is 0 Å². The van der Waals surface area contributed by atoms with Crippen LogP contribution in [-0.4, -0.2) is 41.0 Å². The Labute approximate surface area is 286 Å². The Morgan fingerprint density at radius 3 is 1.78 bits per heavy atom. The van der Waals surface area contributed by atoms with Crippen LogP contribution in [0.25, 0.3) is 23.2 Å². The van der Waals surface area contributed by atoms with Gasteiger partial charge in [-0.3, -0.25) is 9.59 Å². The quantitative estimate of drug-likeness (QED) is 0.0828. The van der Waals surface area contributed by atoms with Crippen molar-refractivity contribution in [2.45, 2.75) is 24.2 Å². The maximum Gasteiger partial charge on any atom is 0.417 e. The molecular weight excluding hydrogens is 669 g/mol. The maximum atomic E-state index is 12.9. The second-order valence-electron chi connectivity index (χ2n) is 11.2. The summed E-state index contributed by atoms with van der Waals surface area (Å²) in [7, 11) is 0. The van der Waals surface area contributed by atoms with Gasteiger partial charge in [0.1, 0.15) is 5.75 Å². The number of nitrogens with zero attached hydrogens (tertiary/aromatic N) is 4. The third-order valence-electron chi connectivity index (χ3n) is 7.96. The van der Waals surface area contributed by atoms with Gasteiger partial charge >= 0.3 is 22.8 Å². The van der Waals surface area contributed by atoms with Crippen molar-refractivity contribution < 1.29 is 46.6 Å². The number of carbonyl (C=O) groups is 2. The fraction of sp³-hybridized carbons (Fsp3) is 0.0857. The number of hydrogen-bond acceptors (Lipinski definition) is 8. The zero-order chi connectivity index (χ0) is 34.7. The number of rotatable bonds is 10. The summed E-state index contributed by atoms with van der Waals surface area (Å²) in [6, 6.07) is 23.3. The normalized spacial score (nSPS) is 14.7. The number of ketones is 2. The molecule has 4 aromatic rings. The minimum Gasteiger partial charge on any atom is -0.371 e. The Morgan fingerprint density at radius 2 is 1.18 bits per heavy atom. The van der Waals surface area contributed by atoms with E-state index in [4.69, 9.17) is 28.6 Å². The minimum atomic E-state index is -2.23. The summed E-state index contributed by atoms with van der Waals surface area (Å²) in [4.78, 5) is 36.4. The Morgan fingerprint density at radius 1 is 0.653 bits per heavy atom. The van der Waals surface area contributed by atoms with Crippen LogP contribution >= 0.6 is 0 Å². The highest BCUT2D eigenvalue weighted by molar-refractivity contribution is 7.80. The molecule has 0 amide bonds. The zero-order valence-electron chi connectivity index (χ0n) is 25.8. The predicted octanol–water partition coefficient (Wildman–Crippen LogP) is 6.09. The Kier molecular flexibility index (Phi) is 9.23. The molecule has 0 spiro atoms. The van der Waals surface area contributed by atoms with Gasteiger partial charge in [-0.05, 0) is 65.7 Å². The number of Topliss-reactive ketones (excluding diaryl/α,β-unsaturated/α-hetero) is 2. The van der Waals surface area contributed by atoms with E-state index >= 15 is 0 Å². The van der Waals surface area contributed by atoms with Crippen molar-refractivity contribution in [3.05, 3.63) is 142 Å². The van der Waals surface area contributed by atoms with Gasteiger partial charge in [0.25, 0.3) is 11.6 Å². The second-order valence-corrected chi connectivity index (χ2v) is 12.9. The van der Waals surface area contributed by atoms with Crippen molar-refractivity contribution in [1.29, 1.82) is 0 Å². The van der Waals surface area contributed by atoms with Gasteiger partial charge in [0.05, 0.1) is 4.90 Å². The number of benzene rings is 4. The maximum absolute atomic E-state index is 12.9. The lowest BCUT2D eigenvalue weighted by Crippen LogP contribution is -2.19. The third kappa shape index (κ3) is 6.63. The van der Waals surface area contributed by atoms with E-state index in [1.807, 2.05) is 38.1 Å². The molecule has 4 aromatic carbocycles. The predicted molar refractivity (Wildman–Crippen MR) is 182 cm³/mol. The third-order valence-corrected chi connectivity index (χ3v) is 9.51. The molecule has 246 valence electrons. The Hall–Kier alpha value is -5.88. The van der Waals surface area contributed by atoms with Gasteiger partial charge in [0.15, 0.2) is 11.5 Å². The first-order valence-electron chi connectivity index (χ1n) is 14.5. The summed E-state index contributed by atoms with van der Waals surface area (Å²) < 4.78 is 41.7. The van der Waals surface area contributed by atoms with Crippen LogP contribution in [0.2, 0.25) is 0 Å². The van der Waals surface area contributed by atoms with Gasteiger partial charge in [-0.2, -0.15) is 13.8 Å². The average molecular weight is 696 g/mol. The van der Waals surface area contributed by atoms with Gasteiger partial charge in [0, 0.05) is 41.2 Å². The SMILES string of the molecule is CC(C)(c1ccc(OOS(=O)c2cccc3c2C=CC(=[N+]=[N-])C3=O)cc1)c1ccc(OS(=O)Oc2cccc3c2C=CC(=[N+]=[N-])C3=O)cc1.[2HH]. The van der Waals surface area contributed by atoms with E-state index < -0.39 is 39.4 Å². The van der Waals surface area contributed by atoms with Crippen molar-refractivity contribution in [1.82, 2.24) is 0 Å². The molecule has 14 heteroatoms. The summed E-state index contributed by atoms with van der Waals surface area (Å²) in [5.74, 6) is -0.236. The van der Waals surface area contributed by atoms with E-state index in [0.29, 0.717) is 22.6 Å². The first-order chi connectivity index (χ1) is 23.6. The van der Waals surface area contributed by atoms with Crippen molar-refractivity contribution in [2.24, 2.45) is 0 Å². The smallest absolute Gasteiger partial charge is 0.371 e. The van der Waals surface area contributed by atoms with Gasteiger partial charge in [0.2, 0.25) is 11.1 Å². The number of fused-ring (bicyclic) bond motifs is 2. The Balaban J connectivity index is 0.00000486. The van der Waals surface area contributed by atoms with Crippen LogP contribution < -0.4 is 13.3 Å². The highest BCUT2D eigenvalue weighted by atomic mass is 32.2. The molecule has 2 aliphatic rings. The molecule has 49 heavy (non-hydrogen) atoms. The topological polar surface area (TPSA) is 178 Å². The second kappa shape index (κ2) is 13.7. The average Bonchev–Trinajstić information content (AvgIpc) is 3.11. The highest BCUT2D eigenvalue weighted by Gasteiger charge is 2.30. The summed E-state index contributed by atoms with van der Waals surface area (Å²) in [6.07, 6.45) is 5.72. The molecule has 0 N–H and O–H groups in total. The van der Waals surface area contributed by atoms with Crippen LogP contribution in [-0.2, 0) is 32.2 Å². The van der Waals surface area contributed by atoms with E-state index in [2.05, 4.69) is 9.58 Å². The van der Waals surface area contributed by atoms with E-state index in [9.17, 15) is 18.0 Å². The fourth-order valence-corrected chi connectivity index (χ4v) is 6.61. The number of allylic oxidation sites excluding steroid dienone is 2. The molecule has 0 aromatic heterocycles. The fourth-order valence-electron chi connectivity index (χ4n) is 5.25. The van der Waals surface area contributed by atoms with E-state index in [0.717, 1.165) is 11.1 Å². The number of carbonyl (C=O) groups excluding carboxylic acids is 2. The van der Waals surface area contributed by atoms with Crippen LogP contribution in [0, 0.1) is 0 Å². The van der Waals surface area contributed by atoms with Crippen LogP contribution in [0.4, 0.5) is 0 Å². The summed E-state index contributed by atoms with van der Waals surface area (Å²) in [5.41, 5.74) is 20.4. The largest absolute Gasteiger partial charge is 0.417 e. The molecule has 0 aliphatic heterocycles.